The summed E-state index contributed by atoms with van der Waals surface area (Å²) in [7, 11) is 0. The van der Waals surface area contributed by atoms with Gasteiger partial charge < -0.3 is 10.4 Å². The van der Waals surface area contributed by atoms with E-state index in [9.17, 15) is 9.90 Å². The van der Waals surface area contributed by atoms with Gasteiger partial charge in [0.2, 0.25) is 0 Å². The number of carboxylic acid groups (broad SMARTS) is 1. The van der Waals surface area contributed by atoms with Crippen LogP contribution in [0.1, 0.15) is 65.7 Å². The molecule has 0 aromatic carbocycles. The number of hydrogen-bond donors (Lipinski definition) is 2. The molecule has 114 valence electrons. The fourth-order valence-corrected chi connectivity index (χ4v) is 3.08. The topological polar surface area (TPSA) is 49.3 Å². The predicted molar refractivity (Wildman–Crippen MR) is 85.0 cm³/mol. The first-order chi connectivity index (χ1) is 9.13. The molecule has 0 aromatic heterocycles. The van der Waals surface area contributed by atoms with Gasteiger partial charge in [-0.05, 0) is 50.2 Å². The van der Waals surface area contributed by atoms with E-state index in [2.05, 4.69) is 19.2 Å². The molecule has 0 spiro atoms. The van der Waals surface area contributed by atoms with Crippen molar-refractivity contribution in [2.75, 3.05) is 18.1 Å². The maximum absolute atomic E-state index is 11.5. The van der Waals surface area contributed by atoms with Crippen LogP contribution in [0.5, 0.6) is 0 Å². The summed E-state index contributed by atoms with van der Waals surface area (Å²) in [6.45, 7) is 7.03. The molecule has 0 saturated heterocycles. The zero-order valence-electron chi connectivity index (χ0n) is 12.8. The average molecular weight is 289 g/mol. The molecule has 0 rings (SSSR count). The van der Waals surface area contributed by atoms with Gasteiger partial charge in [0, 0.05) is 0 Å². The third kappa shape index (κ3) is 7.83. The summed E-state index contributed by atoms with van der Waals surface area (Å²) in [5.74, 6) is 1.59. The quantitative estimate of drug-likeness (QED) is 0.505. The third-order valence-electron chi connectivity index (χ3n) is 3.51. The summed E-state index contributed by atoms with van der Waals surface area (Å²) in [6.07, 6.45) is 7.20. The highest BCUT2D eigenvalue weighted by Gasteiger charge is 2.34. The van der Waals surface area contributed by atoms with Gasteiger partial charge in [0.05, 0.1) is 0 Å². The first-order valence-corrected chi connectivity index (χ1v) is 8.84. The average Bonchev–Trinajstić information content (AvgIpc) is 2.41. The molecule has 2 N–H and O–H groups in total. The molecular weight excluding hydrogens is 258 g/mol. The molecule has 1 unspecified atom stereocenters. The lowest BCUT2D eigenvalue weighted by Crippen LogP contribution is -2.52. The standard InChI is InChI=1S/C15H31NO2S/c1-4-7-8-12-19-13-9-10-15(6-3,14(17)18)16-11-5-2/h16H,4-13H2,1-3H3,(H,17,18). The van der Waals surface area contributed by atoms with Crippen LogP contribution in [0.4, 0.5) is 0 Å². The van der Waals surface area contributed by atoms with Gasteiger partial charge in [0.1, 0.15) is 5.54 Å². The number of unbranched alkanes of at least 4 members (excludes halogenated alkanes) is 2. The SMILES string of the molecule is CCCCCSCCCC(CC)(NCCC)C(=O)O. The molecule has 0 heterocycles. The zero-order chi connectivity index (χ0) is 14.6. The number of nitrogens with one attached hydrogen (secondary N) is 1. The van der Waals surface area contributed by atoms with Crippen molar-refractivity contribution < 1.29 is 9.90 Å². The van der Waals surface area contributed by atoms with Crippen molar-refractivity contribution in [3.05, 3.63) is 0 Å². The molecule has 0 saturated carbocycles. The van der Waals surface area contributed by atoms with Crippen LogP contribution in [-0.2, 0) is 4.79 Å². The maximum atomic E-state index is 11.5. The van der Waals surface area contributed by atoms with Crippen LogP contribution >= 0.6 is 11.8 Å². The predicted octanol–water partition coefficient (Wildman–Crippen LogP) is 3.92. The Balaban J connectivity index is 3.95. The Hall–Kier alpha value is -0.220. The number of thioether (sulfide) groups is 1. The van der Waals surface area contributed by atoms with E-state index in [1.807, 2.05) is 18.7 Å². The van der Waals surface area contributed by atoms with Crippen LogP contribution in [0.25, 0.3) is 0 Å². The molecule has 0 aromatic rings. The minimum atomic E-state index is -0.708. The molecule has 3 nitrogen and oxygen atoms in total. The lowest BCUT2D eigenvalue weighted by atomic mass is 9.90. The second kappa shape index (κ2) is 11.6. The summed E-state index contributed by atoms with van der Waals surface area (Å²) in [5.41, 5.74) is -0.708. The van der Waals surface area contributed by atoms with Gasteiger partial charge in [-0.2, -0.15) is 11.8 Å². The van der Waals surface area contributed by atoms with Gasteiger partial charge in [-0.1, -0.05) is 33.6 Å². The molecule has 0 aliphatic heterocycles. The van der Waals surface area contributed by atoms with Crippen molar-refractivity contribution in [3.63, 3.8) is 0 Å². The van der Waals surface area contributed by atoms with Crippen LogP contribution in [0.2, 0.25) is 0 Å². The van der Waals surface area contributed by atoms with Crippen LogP contribution in [0, 0.1) is 0 Å². The second-order valence-electron chi connectivity index (χ2n) is 5.09. The molecular formula is C15H31NO2S. The lowest BCUT2D eigenvalue weighted by molar-refractivity contribution is -0.145. The molecule has 0 fully saturated rings. The summed E-state index contributed by atoms with van der Waals surface area (Å²) < 4.78 is 0. The van der Waals surface area contributed by atoms with E-state index in [0.717, 1.165) is 31.6 Å². The smallest absolute Gasteiger partial charge is 0.323 e. The van der Waals surface area contributed by atoms with E-state index >= 15 is 0 Å². The normalized spacial score (nSPS) is 14.3. The second-order valence-corrected chi connectivity index (χ2v) is 6.32. The maximum Gasteiger partial charge on any atom is 0.323 e. The number of aliphatic carboxylic acids is 1. The van der Waals surface area contributed by atoms with Crippen LogP contribution < -0.4 is 5.32 Å². The summed E-state index contributed by atoms with van der Waals surface area (Å²) >= 11 is 1.96. The van der Waals surface area contributed by atoms with Gasteiger partial charge in [-0.15, -0.1) is 0 Å². The largest absolute Gasteiger partial charge is 0.480 e. The Morgan fingerprint density at radius 2 is 1.79 bits per heavy atom. The summed E-state index contributed by atoms with van der Waals surface area (Å²) in [6, 6.07) is 0. The summed E-state index contributed by atoms with van der Waals surface area (Å²) in [4.78, 5) is 11.5. The Labute approximate surface area is 122 Å². The van der Waals surface area contributed by atoms with Crippen molar-refractivity contribution in [2.45, 2.75) is 71.3 Å². The van der Waals surface area contributed by atoms with Crippen LogP contribution in [0.15, 0.2) is 0 Å². The zero-order valence-corrected chi connectivity index (χ0v) is 13.7. The van der Waals surface area contributed by atoms with Crippen molar-refractivity contribution in [1.82, 2.24) is 5.32 Å². The Kier molecular flexibility index (Phi) is 11.5. The van der Waals surface area contributed by atoms with E-state index in [4.69, 9.17) is 0 Å². The van der Waals surface area contributed by atoms with Crippen molar-refractivity contribution >= 4 is 17.7 Å². The fourth-order valence-electron chi connectivity index (χ4n) is 2.12. The number of rotatable bonds is 13. The number of hydrogen-bond acceptors (Lipinski definition) is 3. The molecule has 0 amide bonds. The first-order valence-electron chi connectivity index (χ1n) is 7.69. The third-order valence-corrected chi connectivity index (χ3v) is 4.67. The summed E-state index contributed by atoms with van der Waals surface area (Å²) in [5, 5.41) is 12.7. The minimum absolute atomic E-state index is 0.656. The van der Waals surface area contributed by atoms with Gasteiger partial charge >= 0.3 is 5.97 Å². The van der Waals surface area contributed by atoms with Crippen LogP contribution in [-0.4, -0.2) is 34.7 Å². The van der Waals surface area contributed by atoms with Crippen molar-refractivity contribution in [3.8, 4) is 0 Å². The van der Waals surface area contributed by atoms with E-state index in [1.54, 1.807) is 0 Å². The lowest BCUT2D eigenvalue weighted by Gasteiger charge is -2.29. The highest BCUT2D eigenvalue weighted by molar-refractivity contribution is 7.99. The van der Waals surface area contributed by atoms with Gasteiger partial charge in [0.15, 0.2) is 0 Å². The molecule has 19 heavy (non-hydrogen) atoms. The van der Waals surface area contributed by atoms with Crippen molar-refractivity contribution in [1.29, 1.82) is 0 Å². The number of carbonyl (C=O) groups is 1. The Morgan fingerprint density at radius 3 is 2.32 bits per heavy atom. The first kappa shape index (κ1) is 18.8. The molecule has 0 radical (unpaired) electrons. The monoisotopic (exact) mass is 289 g/mol. The Bertz CT molecular complexity index is 236. The van der Waals surface area contributed by atoms with E-state index in [0.29, 0.717) is 6.42 Å². The molecule has 4 heteroatoms. The van der Waals surface area contributed by atoms with Gasteiger partial charge in [0.25, 0.3) is 0 Å². The molecule has 0 bridgehead atoms. The van der Waals surface area contributed by atoms with Crippen molar-refractivity contribution in [2.24, 2.45) is 0 Å². The molecule has 0 aliphatic rings. The fraction of sp³-hybridized carbons (Fsp3) is 0.933. The van der Waals surface area contributed by atoms with Crippen LogP contribution in [0.3, 0.4) is 0 Å². The highest BCUT2D eigenvalue weighted by atomic mass is 32.2. The minimum Gasteiger partial charge on any atom is -0.480 e. The van der Waals surface area contributed by atoms with E-state index in [-0.39, 0.29) is 0 Å². The van der Waals surface area contributed by atoms with Gasteiger partial charge in [-0.25, -0.2) is 0 Å². The molecule has 1 atom stereocenters. The van der Waals surface area contributed by atoms with Gasteiger partial charge in [-0.3, -0.25) is 4.79 Å². The Morgan fingerprint density at radius 1 is 1.11 bits per heavy atom. The highest BCUT2D eigenvalue weighted by Crippen LogP contribution is 2.20. The van der Waals surface area contributed by atoms with E-state index in [1.165, 1.54) is 25.0 Å². The molecule has 0 aliphatic carbocycles. The number of carboxylic acids is 1. The van der Waals surface area contributed by atoms with E-state index < -0.39 is 11.5 Å².